The lowest BCUT2D eigenvalue weighted by atomic mass is 9.74. The van der Waals surface area contributed by atoms with Gasteiger partial charge >= 0.3 is 6.09 Å². The van der Waals surface area contributed by atoms with E-state index in [0.29, 0.717) is 19.7 Å². The molecule has 0 radical (unpaired) electrons. The van der Waals surface area contributed by atoms with Gasteiger partial charge in [-0.1, -0.05) is 50.3 Å². The number of benzene rings is 1. The van der Waals surface area contributed by atoms with Crippen LogP contribution in [0.3, 0.4) is 0 Å². The molecule has 0 spiro atoms. The Balaban J connectivity index is 0.00000176. The third-order valence-electron chi connectivity index (χ3n) is 4.27. The van der Waals surface area contributed by atoms with Crippen LogP contribution in [0.2, 0.25) is 0 Å². The minimum atomic E-state index is -0.532. The Morgan fingerprint density at radius 2 is 1.85 bits per heavy atom. The molecule has 0 aromatic heterocycles. The zero-order valence-corrected chi connectivity index (χ0v) is 17.2. The summed E-state index contributed by atoms with van der Waals surface area (Å²) in [5.41, 5.74) is 0.0863. The van der Waals surface area contributed by atoms with Crippen LogP contribution in [0, 0.1) is 5.41 Å². The maximum absolute atomic E-state index is 12.2. The van der Waals surface area contributed by atoms with Gasteiger partial charge in [-0.2, -0.15) is 0 Å². The number of hydrogen-bond acceptors (Lipinski definition) is 4. The van der Waals surface area contributed by atoms with E-state index < -0.39 is 11.0 Å². The van der Waals surface area contributed by atoms with Crippen molar-refractivity contribution in [1.82, 2.24) is 4.90 Å². The quantitative estimate of drug-likeness (QED) is 0.516. The Kier molecular flexibility index (Phi) is 8.70. The van der Waals surface area contributed by atoms with Gasteiger partial charge in [0, 0.05) is 19.5 Å². The van der Waals surface area contributed by atoms with E-state index in [-0.39, 0.29) is 18.6 Å². The molecule has 1 amide bonds. The van der Waals surface area contributed by atoms with E-state index in [2.05, 4.69) is 6.58 Å². The van der Waals surface area contributed by atoms with E-state index in [0.717, 1.165) is 11.8 Å². The first-order chi connectivity index (χ1) is 12.8. The van der Waals surface area contributed by atoms with Crippen molar-refractivity contribution in [3.63, 3.8) is 0 Å². The monoisotopic (exact) mass is 375 g/mol. The van der Waals surface area contributed by atoms with Gasteiger partial charge in [0.2, 0.25) is 0 Å². The maximum atomic E-state index is 12.2. The highest BCUT2D eigenvalue weighted by Gasteiger charge is 2.50. The zero-order valence-electron chi connectivity index (χ0n) is 17.2. The lowest BCUT2D eigenvalue weighted by Crippen LogP contribution is -2.63. The smallest absolute Gasteiger partial charge is 0.410 e. The summed E-state index contributed by atoms with van der Waals surface area (Å²) in [7, 11) is 0. The standard InChI is InChI=1S/C20H27NO4.C2H6/c1-5-20(14-21(15-20)18(23)25-19(2,3)4)17(11-12-22)24-13-16-9-7-6-8-10-16;1-2/h5-10,12,17H,1,11,13-15H2,2-4H3;1-2H3. The van der Waals surface area contributed by atoms with Crippen molar-refractivity contribution in [3.8, 4) is 0 Å². The van der Waals surface area contributed by atoms with Gasteiger partial charge in [0.05, 0.1) is 18.1 Å². The van der Waals surface area contributed by atoms with Crippen LogP contribution >= 0.6 is 0 Å². The number of aldehydes is 1. The second kappa shape index (κ2) is 10.3. The second-order valence-electron chi connectivity index (χ2n) is 7.46. The van der Waals surface area contributed by atoms with Gasteiger partial charge in [0.1, 0.15) is 11.9 Å². The molecule has 1 aromatic carbocycles. The van der Waals surface area contributed by atoms with E-state index >= 15 is 0 Å². The van der Waals surface area contributed by atoms with Crippen LogP contribution in [0.4, 0.5) is 4.79 Å². The molecule has 1 unspecified atom stereocenters. The highest BCUT2D eigenvalue weighted by Crippen LogP contribution is 2.39. The van der Waals surface area contributed by atoms with E-state index in [1.54, 1.807) is 11.0 Å². The van der Waals surface area contributed by atoms with Crippen LogP contribution in [0.5, 0.6) is 0 Å². The Bertz CT molecular complexity index is 600. The van der Waals surface area contributed by atoms with E-state index in [4.69, 9.17) is 9.47 Å². The first-order valence-corrected chi connectivity index (χ1v) is 9.50. The largest absolute Gasteiger partial charge is 0.444 e. The van der Waals surface area contributed by atoms with Crippen molar-refractivity contribution in [3.05, 3.63) is 48.6 Å². The van der Waals surface area contributed by atoms with Crippen LogP contribution in [0.15, 0.2) is 43.0 Å². The number of likely N-dealkylation sites (tertiary alicyclic amines) is 1. The average Bonchev–Trinajstić information content (AvgIpc) is 2.60. The summed E-state index contributed by atoms with van der Waals surface area (Å²) in [6.07, 6.45) is 2.25. The Morgan fingerprint density at radius 1 is 1.26 bits per heavy atom. The summed E-state index contributed by atoms with van der Waals surface area (Å²) >= 11 is 0. The molecule has 0 saturated carbocycles. The number of carbonyl (C=O) groups is 2. The molecule has 1 heterocycles. The molecule has 1 fully saturated rings. The van der Waals surface area contributed by atoms with Crippen LogP contribution < -0.4 is 0 Å². The molecule has 0 aliphatic carbocycles. The van der Waals surface area contributed by atoms with Gasteiger partial charge in [0.25, 0.3) is 0 Å². The zero-order chi connectivity index (χ0) is 20.5. The van der Waals surface area contributed by atoms with Crippen molar-refractivity contribution >= 4 is 12.4 Å². The number of carbonyl (C=O) groups excluding carboxylic acids is 2. The molecule has 2 rings (SSSR count). The van der Waals surface area contributed by atoms with Gasteiger partial charge in [-0.15, -0.1) is 6.58 Å². The molecule has 0 bridgehead atoms. The molecule has 5 heteroatoms. The van der Waals surface area contributed by atoms with Gasteiger partial charge in [-0.3, -0.25) is 0 Å². The minimum Gasteiger partial charge on any atom is -0.444 e. The normalized spacial score (nSPS) is 16.3. The topological polar surface area (TPSA) is 55.8 Å². The van der Waals surface area contributed by atoms with Gasteiger partial charge in [-0.25, -0.2) is 4.79 Å². The van der Waals surface area contributed by atoms with Crippen LogP contribution in [0.1, 0.15) is 46.6 Å². The fraction of sp³-hybridized carbons (Fsp3) is 0.545. The number of hydrogen-bond donors (Lipinski definition) is 0. The average molecular weight is 376 g/mol. The summed E-state index contributed by atoms with van der Waals surface area (Å²) in [4.78, 5) is 24.9. The molecular weight excluding hydrogens is 342 g/mol. The second-order valence-corrected chi connectivity index (χ2v) is 7.46. The predicted molar refractivity (Wildman–Crippen MR) is 107 cm³/mol. The predicted octanol–water partition coefficient (Wildman–Crippen LogP) is 4.61. The van der Waals surface area contributed by atoms with Crippen LogP contribution in [0.25, 0.3) is 0 Å². The molecule has 1 aromatic rings. The molecule has 27 heavy (non-hydrogen) atoms. The fourth-order valence-electron chi connectivity index (χ4n) is 2.91. The first kappa shape index (κ1) is 22.9. The third kappa shape index (κ3) is 6.51. The molecule has 1 aliphatic rings. The van der Waals surface area contributed by atoms with Crippen molar-refractivity contribution < 1.29 is 19.1 Å². The fourth-order valence-corrected chi connectivity index (χ4v) is 2.91. The Labute approximate surface area is 163 Å². The summed E-state index contributed by atoms with van der Waals surface area (Å²) in [6, 6.07) is 9.80. The van der Waals surface area contributed by atoms with Crippen molar-refractivity contribution in [2.24, 2.45) is 5.41 Å². The molecule has 1 atom stereocenters. The number of amides is 1. The van der Waals surface area contributed by atoms with Crippen molar-refractivity contribution in [2.75, 3.05) is 13.1 Å². The Hall–Kier alpha value is -2.14. The first-order valence-electron chi connectivity index (χ1n) is 9.50. The third-order valence-corrected chi connectivity index (χ3v) is 4.27. The summed E-state index contributed by atoms with van der Waals surface area (Å²) in [5.74, 6) is 0. The summed E-state index contributed by atoms with van der Waals surface area (Å²) < 4.78 is 11.4. The number of ether oxygens (including phenoxy) is 2. The summed E-state index contributed by atoms with van der Waals surface area (Å²) in [6.45, 7) is 14.7. The molecule has 5 nitrogen and oxygen atoms in total. The van der Waals surface area contributed by atoms with Crippen molar-refractivity contribution in [2.45, 2.75) is 59.4 Å². The van der Waals surface area contributed by atoms with Crippen LogP contribution in [-0.4, -0.2) is 42.1 Å². The van der Waals surface area contributed by atoms with E-state index in [1.807, 2.05) is 65.0 Å². The van der Waals surface area contributed by atoms with Gasteiger partial charge < -0.3 is 19.2 Å². The molecular formula is C22H33NO4. The van der Waals surface area contributed by atoms with Crippen LogP contribution in [-0.2, 0) is 20.9 Å². The van der Waals surface area contributed by atoms with E-state index in [9.17, 15) is 9.59 Å². The number of nitrogens with zero attached hydrogens (tertiary/aromatic N) is 1. The lowest BCUT2D eigenvalue weighted by molar-refractivity contribution is -0.123. The highest BCUT2D eigenvalue weighted by molar-refractivity contribution is 5.70. The summed E-state index contributed by atoms with van der Waals surface area (Å²) in [5, 5.41) is 0. The van der Waals surface area contributed by atoms with Gasteiger partial charge in [-0.05, 0) is 26.3 Å². The van der Waals surface area contributed by atoms with E-state index in [1.165, 1.54) is 0 Å². The molecule has 150 valence electrons. The highest BCUT2D eigenvalue weighted by atomic mass is 16.6. The maximum Gasteiger partial charge on any atom is 0.410 e. The minimum absolute atomic E-state index is 0.265. The van der Waals surface area contributed by atoms with Crippen molar-refractivity contribution in [1.29, 1.82) is 0 Å². The molecule has 0 N–H and O–H groups in total. The number of rotatable bonds is 7. The lowest BCUT2D eigenvalue weighted by Gasteiger charge is -2.51. The molecule has 1 saturated heterocycles. The van der Waals surface area contributed by atoms with Gasteiger partial charge in [0.15, 0.2) is 0 Å². The SMILES string of the molecule is C=CC1(C(CC=O)OCc2ccccc2)CN(C(=O)OC(C)(C)C)C1.CC. The molecule has 1 aliphatic heterocycles. The Morgan fingerprint density at radius 3 is 2.33 bits per heavy atom.